The molecule has 3 aliphatic rings. The molecule has 3 fully saturated rings. The number of carbonyl (C=O) groups is 3. The Balaban J connectivity index is 1.91. The van der Waals surface area contributed by atoms with Crippen LogP contribution in [0.4, 0.5) is 0 Å². The molecule has 1 amide bonds. The highest BCUT2D eigenvalue weighted by molar-refractivity contribution is 6.03. The fourth-order valence-corrected chi connectivity index (χ4v) is 8.35. The number of esters is 1. The van der Waals surface area contributed by atoms with E-state index in [1.165, 1.54) is 0 Å². The van der Waals surface area contributed by atoms with Crippen molar-refractivity contribution in [3.8, 4) is 0 Å². The van der Waals surface area contributed by atoms with E-state index in [1.807, 2.05) is 44.7 Å². The third kappa shape index (κ3) is 9.18. The van der Waals surface area contributed by atoms with Gasteiger partial charge in [-0.05, 0) is 98.8 Å². The maximum atomic E-state index is 14.3. The van der Waals surface area contributed by atoms with E-state index in [4.69, 9.17) is 14.2 Å². The summed E-state index contributed by atoms with van der Waals surface area (Å²) in [6.07, 6.45) is 1.20. The Morgan fingerprint density at radius 3 is 2.31 bits per heavy atom. The maximum absolute atomic E-state index is 14.3. The molecule has 2 N–H and O–H groups in total. The number of nitrogens with one attached hydrogen (secondary N) is 1. The minimum absolute atomic E-state index is 0.0153. The third-order valence-corrected chi connectivity index (χ3v) is 11.9. The van der Waals surface area contributed by atoms with Gasteiger partial charge < -0.3 is 34.4 Å². The summed E-state index contributed by atoms with van der Waals surface area (Å²) in [7, 11) is 7.67. The lowest BCUT2D eigenvalue weighted by atomic mass is 9.60. The molecule has 0 aromatic heterocycles. The third-order valence-electron chi connectivity index (χ3n) is 11.9. The van der Waals surface area contributed by atoms with E-state index < -0.39 is 34.6 Å². The summed E-state index contributed by atoms with van der Waals surface area (Å²) in [5.41, 5.74) is -3.26. The summed E-state index contributed by atoms with van der Waals surface area (Å²) in [5.74, 6) is 0.157. The molecular formula is C37H68N4O7. The Morgan fingerprint density at radius 2 is 1.75 bits per heavy atom. The van der Waals surface area contributed by atoms with Crippen LogP contribution >= 0.6 is 0 Å². The largest absolute Gasteiger partial charge is 0.463 e. The number of aliphatic hydroxyl groups excluding tert-OH is 1. The number of aliphatic hydroxyl groups is 1. The molecule has 3 heterocycles. The Kier molecular flexibility index (Phi) is 14.1. The van der Waals surface area contributed by atoms with Crippen LogP contribution in [0.3, 0.4) is 0 Å². The lowest BCUT2D eigenvalue weighted by molar-refractivity contribution is -0.239. The monoisotopic (exact) mass is 681 g/mol. The smallest absolute Gasteiger partial charge is 0.319 e. The van der Waals surface area contributed by atoms with Crippen molar-refractivity contribution in [1.82, 2.24) is 20.0 Å². The zero-order chi connectivity index (χ0) is 36.2. The summed E-state index contributed by atoms with van der Waals surface area (Å²) >= 11 is 0. The highest BCUT2D eigenvalue weighted by Gasteiger charge is 2.59. The van der Waals surface area contributed by atoms with Gasteiger partial charge in [-0.2, -0.15) is 0 Å². The Hall–Kier alpha value is -1.63. The number of hydrogen-bond acceptors (Lipinski definition) is 10. The van der Waals surface area contributed by atoms with Crippen LogP contribution in [0.25, 0.3) is 0 Å². The van der Waals surface area contributed by atoms with Gasteiger partial charge in [-0.15, -0.1) is 0 Å². The minimum Gasteiger partial charge on any atom is -0.463 e. The fourth-order valence-electron chi connectivity index (χ4n) is 8.35. The van der Waals surface area contributed by atoms with Crippen LogP contribution in [0.2, 0.25) is 0 Å². The number of ether oxygens (including phenoxy) is 3. The molecule has 0 bridgehead atoms. The van der Waals surface area contributed by atoms with Gasteiger partial charge in [0.2, 0.25) is 5.91 Å². The van der Waals surface area contributed by atoms with E-state index in [1.54, 1.807) is 21.0 Å². The number of ketones is 1. The van der Waals surface area contributed by atoms with E-state index in [-0.39, 0.29) is 54.7 Å². The lowest BCUT2D eigenvalue weighted by Crippen LogP contribution is -2.65. The van der Waals surface area contributed by atoms with Crippen molar-refractivity contribution in [1.29, 1.82) is 0 Å². The first-order chi connectivity index (χ1) is 22.3. The predicted octanol–water partition coefficient (Wildman–Crippen LogP) is 3.22. The van der Waals surface area contributed by atoms with Crippen LogP contribution in [-0.4, -0.2) is 141 Å². The second-order valence-corrected chi connectivity index (χ2v) is 16.9. The highest BCUT2D eigenvalue weighted by atomic mass is 16.5. The number of likely N-dealkylation sites (tertiary alicyclic amines) is 1. The standard InChI is InChI=1S/C37H68N4O7/c1-24(2)20-38-21-31(43)41-15-13-27(14-16-41)29-23-47-34(45)35(5,6)30(42)19-36(7,37(8,46-12)18-25(3)22-40(29)11)33-32(44)28(39(9)10)17-26(4)48-33/h24-29,32-33,38,44H,13-23H2,1-12H3/t25?,26?,28?,29?,32-,33?,36?,37?/m1/s1. The van der Waals surface area contributed by atoms with Gasteiger partial charge in [-0.1, -0.05) is 27.7 Å². The van der Waals surface area contributed by atoms with Crippen molar-refractivity contribution < 1.29 is 33.7 Å². The molecule has 0 aliphatic carbocycles. The molecule has 3 saturated heterocycles. The van der Waals surface area contributed by atoms with Gasteiger partial charge in [0.15, 0.2) is 0 Å². The first kappa shape index (κ1) is 40.8. The maximum Gasteiger partial charge on any atom is 0.319 e. The highest BCUT2D eigenvalue weighted by Crippen LogP contribution is 2.50. The van der Waals surface area contributed by atoms with Crippen molar-refractivity contribution >= 4 is 17.7 Å². The van der Waals surface area contributed by atoms with Gasteiger partial charge in [-0.3, -0.25) is 19.3 Å². The predicted molar refractivity (Wildman–Crippen MR) is 188 cm³/mol. The summed E-state index contributed by atoms with van der Waals surface area (Å²) in [4.78, 5) is 47.2. The number of methoxy groups -OCH3 is 1. The van der Waals surface area contributed by atoms with Crippen molar-refractivity contribution in [3.05, 3.63) is 0 Å². The molecule has 0 aromatic carbocycles. The molecule has 11 heteroatoms. The quantitative estimate of drug-likeness (QED) is 0.292. The Labute approximate surface area is 290 Å². The van der Waals surface area contributed by atoms with Gasteiger partial charge in [0.1, 0.15) is 17.8 Å². The van der Waals surface area contributed by atoms with Gasteiger partial charge >= 0.3 is 5.97 Å². The van der Waals surface area contributed by atoms with Crippen LogP contribution < -0.4 is 5.32 Å². The van der Waals surface area contributed by atoms with E-state index >= 15 is 0 Å². The summed E-state index contributed by atoms with van der Waals surface area (Å²) < 4.78 is 19.0. The molecule has 3 aliphatic heterocycles. The van der Waals surface area contributed by atoms with Crippen molar-refractivity contribution in [3.63, 3.8) is 0 Å². The van der Waals surface area contributed by atoms with Crippen LogP contribution in [-0.2, 0) is 28.6 Å². The second-order valence-electron chi connectivity index (χ2n) is 16.9. The van der Waals surface area contributed by atoms with Crippen LogP contribution in [0, 0.1) is 28.6 Å². The fraction of sp³-hybridized carbons (Fsp3) is 0.919. The normalized spacial score (nSPS) is 36.8. The molecule has 0 aromatic rings. The molecule has 278 valence electrons. The number of cyclic esters (lactones) is 1. The number of likely N-dealkylation sites (N-methyl/N-ethyl adjacent to an activating group) is 2. The first-order valence-corrected chi connectivity index (χ1v) is 18.2. The average molecular weight is 681 g/mol. The molecule has 3 rings (SSSR count). The molecule has 0 saturated carbocycles. The first-order valence-electron chi connectivity index (χ1n) is 18.2. The molecule has 8 atom stereocenters. The van der Waals surface area contributed by atoms with Gasteiger partial charge in [0.25, 0.3) is 0 Å². The van der Waals surface area contributed by atoms with Gasteiger partial charge in [0, 0.05) is 50.7 Å². The Bertz CT molecular complexity index is 1090. The SMILES string of the molecule is COC1(C)CC(C)CN(C)C(C2CCN(C(=O)CNCC(C)C)CC2)COC(=O)C(C)(C)C(=O)CC1(C)C1OC(C)CC(N(C)C)[C@H]1O. The van der Waals surface area contributed by atoms with Crippen LogP contribution in [0.1, 0.15) is 87.5 Å². The summed E-state index contributed by atoms with van der Waals surface area (Å²) in [6.45, 7) is 19.1. The van der Waals surface area contributed by atoms with Gasteiger partial charge in [0.05, 0.1) is 30.5 Å². The molecule has 0 radical (unpaired) electrons. The van der Waals surface area contributed by atoms with E-state index in [9.17, 15) is 19.5 Å². The number of amides is 1. The number of Topliss-reactive ketones (excluding diaryl/α,β-unsaturated/α-hetero) is 1. The zero-order valence-electron chi connectivity index (χ0n) is 32.1. The number of hydrogen-bond donors (Lipinski definition) is 2. The van der Waals surface area contributed by atoms with E-state index in [2.05, 4.69) is 38.0 Å². The van der Waals surface area contributed by atoms with Gasteiger partial charge in [-0.25, -0.2) is 0 Å². The average Bonchev–Trinajstić information content (AvgIpc) is 3.01. The molecule has 7 unspecified atom stereocenters. The van der Waals surface area contributed by atoms with E-state index in [0.29, 0.717) is 38.4 Å². The van der Waals surface area contributed by atoms with E-state index in [0.717, 1.165) is 25.9 Å². The van der Waals surface area contributed by atoms with Crippen molar-refractivity contribution in [2.24, 2.45) is 28.6 Å². The number of nitrogens with zero attached hydrogens (tertiary/aromatic N) is 3. The number of carbonyl (C=O) groups excluding carboxylic acids is 3. The lowest BCUT2D eigenvalue weighted by Gasteiger charge is -2.55. The zero-order valence-corrected chi connectivity index (χ0v) is 32.1. The molecule has 48 heavy (non-hydrogen) atoms. The molecule has 0 spiro atoms. The Morgan fingerprint density at radius 1 is 1.12 bits per heavy atom. The van der Waals surface area contributed by atoms with Crippen LogP contribution in [0.5, 0.6) is 0 Å². The molecular weight excluding hydrogens is 612 g/mol. The number of piperidine rings is 1. The molecule has 11 nitrogen and oxygen atoms in total. The topological polar surface area (TPSA) is 121 Å². The summed E-state index contributed by atoms with van der Waals surface area (Å²) in [6, 6.07) is -0.221. The number of rotatable bonds is 8. The van der Waals surface area contributed by atoms with Crippen molar-refractivity contribution in [2.75, 3.05) is 67.6 Å². The van der Waals surface area contributed by atoms with Crippen molar-refractivity contribution in [2.45, 2.75) is 123 Å². The minimum atomic E-state index is -1.41. The summed E-state index contributed by atoms with van der Waals surface area (Å²) in [5, 5.41) is 15.1. The second kappa shape index (κ2) is 16.6. The van der Waals surface area contributed by atoms with Crippen LogP contribution in [0.15, 0.2) is 0 Å².